The van der Waals surface area contributed by atoms with Crippen LogP contribution in [0.3, 0.4) is 0 Å². The number of hydrogen-bond donors (Lipinski definition) is 2. The van der Waals surface area contributed by atoms with Crippen molar-refractivity contribution >= 4 is 0 Å². The van der Waals surface area contributed by atoms with Crippen molar-refractivity contribution in [3.63, 3.8) is 0 Å². The van der Waals surface area contributed by atoms with E-state index >= 15 is 0 Å². The first-order valence-corrected chi connectivity index (χ1v) is 4.49. The minimum Gasteiger partial charge on any atom is -0.306 e. The van der Waals surface area contributed by atoms with Crippen molar-refractivity contribution in [2.75, 3.05) is 39.9 Å². The predicted octanol–water partition coefficient (Wildman–Crippen LogP) is -0.151. The molecule has 0 atom stereocenters. The standard InChI is InChI=1S/C5H11N.C3H8N2/c1-6-4-2-3-5-6;1-2-5-3-4-1/h2-5H2,1H3;4-5H,1-3H2. The van der Waals surface area contributed by atoms with Gasteiger partial charge >= 0.3 is 0 Å². The summed E-state index contributed by atoms with van der Waals surface area (Å²) in [5.41, 5.74) is 0. The predicted molar refractivity (Wildman–Crippen MR) is 47.6 cm³/mol. The zero-order valence-electron chi connectivity index (χ0n) is 7.40. The Kier molecular flexibility index (Phi) is 4.50. The Balaban J connectivity index is 0.000000112. The molecular formula is C8H19N3. The van der Waals surface area contributed by atoms with Gasteiger partial charge in [-0.3, -0.25) is 0 Å². The van der Waals surface area contributed by atoms with Crippen LogP contribution in [0.2, 0.25) is 0 Å². The molecule has 0 bridgehead atoms. The summed E-state index contributed by atoms with van der Waals surface area (Å²) in [6.07, 6.45) is 2.83. The molecule has 0 spiro atoms. The van der Waals surface area contributed by atoms with Gasteiger partial charge in [0.1, 0.15) is 0 Å². The third-order valence-electron chi connectivity index (χ3n) is 2.06. The molecule has 2 N–H and O–H groups in total. The molecular weight excluding hydrogens is 138 g/mol. The fraction of sp³-hybridized carbons (Fsp3) is 1.00. The molecule has 2 saturated heterocycles. The lowest BCUT2D eigenvalue weighted by atomic mass is 10.4. The third kappa shape index (κ3) is 4.35. The summed E-state index contributed by atoms with van der Waals surface area (Å²) in [4.78, 5) is 2.36. The Morgan fingerprint density at radius 1 is 1.00 bits per heavy atom. The van der Waals surface area contributed by atoms with Gasteiger partial charge in [-0.05, 0) is 33.0 Å². The second-order valence-electron chi connectivity index (χ2n) is 3.19. The largest absolute Gasteiger partial charge is 0.306 e. The van der Waals surface area contributed by atoms with Crippen molar-refractivity contribution in [2.24, 2.45) is 0 Å². The minimum atomic E-state index is 1.00. The van der Waals surface area contributed by atoms with Crippen molar-refractivity contribution in [3.05, 3.63) is 0 Å². The number of likely N-dealkylation sites (tertiary alicyclic amines) is 1. The lowest BCUT2D eigenvalue weighted by Crippen LogP contribution is -2.11. The van der Waals surface area contributed by atoms with Crippen LogP contribution in [-0.4, -0.2) is 44.8 Å². The normalized spacial score (nSPS) is 24.8. The smallest absolute Gasteiger partial charge is 0.0455 e. The summed E-state index contributed by atoms with van der Waals surface area (Å²) in [6.45, 7) is 5.92. The summed E-state index contributed by atoms with van der Waals surface area (Å²) in [5.74, 6) is 0. The lowest BCUT2D eigenvalue weighted by molar-refractivity contribution is 0.418. The van der Waals surface area contributed by atoms with E-state index < -0.39 is 0 Å². The Morgan fingerprint density at radius 3 is 1.73 bits per heavy atom. The van der Waals surface area contributed by atoms with Gasteiger partial charge in [-0.1, -0.05) is 0 Å². The Hall–Kier alpha value is -0.120. The Morgan fingerprint density at radius 2 is 1.55 bits per heavy atom. The van der Waals surface area contributed by atoms with Gasteiger partial charge in [0.2, 0.25) is 0 Å². The van der Waals surface area contributed by atoms with Gasteiger partial charge in [0.25, 0.3) is 0 Å². The maximum atomic E-state index is 3.11. The van der Waals surface area contributed by atoms with Gasteiger partial charge in [0.15, 0.2) is 0 Å². The molecule has 2 aliphatic heterocycles. The number of nitrogens with one attached hydrogen (secondary N) is 2. The zero-order chi connectivity index (χ0) is 7.94. The average molecular weight is 157 g/mol. The second kappa shape index (κ2) is 5.52. The van der Waals surface area contributed by atoms with Crippen molar-refractivity contribution in [3.8, 4) is 0 Å². The highest BCUT2D eigenvalue weighted by Crippen LogP contribution is 2.01. The first-order chi connectivity index (χ1) is 5.39. The zero-order valence-corrected chi connectivity index (χ0v) is 7.40. The molecule has 2 fully saturated rings. The van der Waals surface area contributed by atoms with E-state index in [-0.39, 0.29) is 0 Å². The molecule has 0 aromatic carbocycles. The highest BCUT2D eigenvalue weighted by molar-refractivity contribution is 4.59. The summed E-state index contributed by atoms with van der Waals surface area (Å²) < 4.78 is 0. The molecule has 3 heteroatoms. The van der Waals surface area contributed by atoms with E-state index in [1.807, 2.05) is 0 Å². The van der Waals surface area contributed by atoms with E-state index in [2.05, 4.69) is 22.6 Å². The van der Waals surface area contributed by atoms with Gasteiger partial charge in [0.05, 0.1) is 0 Å². The SMILES string of the molecule is C1CNCN1.CN1CCCC1. The first kappa shape index (κ1) is 8.97. The van der Waals surface area contributed by atoms with E-state index in [1.165, 1.54) is 25.9 Å². The van der Waals surface area contributed by atoms with Crippen molar-refractivity contribution in [2.45, 2.75) is 12.8 Å². The molecule has 0 aromatic heterocycles. The molecule has 0 amide bonds. The molecule has 3 nitrogen and oxygen atoms in total. The number of hydrogen-bond acceptors (Lipinski definition) is 3. The Labute approximate surface area is 69.1 Å². The van der Waals surface area contributed by atoms with Crippen LogP contribution < -0.4 is 10.6 Å². The summed E-state index contributed by atoms with van der Waals surface area (Å²) in [7, 11) is 2.17. The van der Waals surface area contributed by atoms with Crippen LogP contribution in [0.1, 0.15) is 12.8 Å². The number of nitrogens with zero attached hydrogens (tertiary/aromatic N) is 1. The van der Waals surface area contributed by atoms with Gasteiger partial charge in [0, 0.05) is 19.8 Å². The summed E-state index contributed by atoms with van der Waals surface area (Å²) >= 11 is 0. The molecule has 2 heterocycles. The van der Waals surface area contributed by atoms with Crippen LogP contribution >= 0.6 is 0 Å². The fourth-order valence-electron chi connectivity index (χ4n) is 1.32. The van der Waals surface area contributed by atoms with E-state index in [1.54, 1.807) is 0 Å². The van der Waals surface area contributed by atoms with Crippen molar-refractivity contribution in [1.82, 2.24) is 15.5 Å². The van der Waals surface area contributed by atoms with E-state index in [0.717, 1.165) is 19.8 Å². The quantitative estimate of drug-likeness (QED) is 0.512. The van der Waals surface area contributed by atoms with Gasteiger partial charge in [-0.2, -0.15) is 0 Å². The summed E-state index contributed by atoms with van der Waals surface area (Å²) in [5, 5.41) is 6.22. The lowest BCUT2D eigenvalue weighted by Gasteiger charge is -2.01. The molecule has 66 valence electrons. The third-order valence-corrected chi connectivity index (χ3v) is 2.06. The van der Waals surface area contributed by atoms with E-state index in [0.29, 0.717) is 0 Å². The molecule has 0 unspecified atom stereocenters. The minimum absolute atomic E-state index is 1.00. The molecule has 0 saturated carbocycles. The average Bonchev–Trinajstić information content (AvgIpc) is 2.57. The van der Waals surface area contributed by atoms with Crippen LogP contribution in [0.15, 0.2) is 0 Å². The number of rotatable bonds is 0. The maximum Gasteiger partial charge on any atom is 0.0455 e. The van der Waals surface area contributed by atoms with Crippen LogP contribution in [0.4, 0.5) is 0 Å². The second-order valence-corrected chi connectivity index (χ2v) is 3.19. The molecule has 0 aromatic rings. The van der Waals surface area contributed by atoms with Gasteiger partial charge < -0.3 is 15.5 Å². The summed E-state index contributed by atoms with van der Waals surface area (Å²) in [6, 6.07) is 0. The van der Waals surface area contributed by atoms with Gasteiger partial charge in [-0.25, -0.2) is 0 Å². The monoisotopic (exact) mass is 157 g/mol. The topological polar surface area (TPSA) is 27.3 Å². The maximum absolute atomic E-state index is 3.11. The van der Waals surface area contributed by atoms with Crippen LogP contribution in [0.5, 0.6) is 0 Å². The fourth-order valence-corrected chi connectivity index (χ4v) is 1.32. The van der Waals surface area contributed by atoms with Gasteiger partial charge in [-0.15, -0.1) is 0 Å². The molecule has 0 aliphatic carbocycles. The molecule has 0 radical (unpaired) electrons. The van der Waals surface area contributed by atoms with Crippen LogP contribution in [-0.2, 0) is 0 Å². The Bertz CT molecular complexity index is 77.7. The first-order valence-electron chi connectivity index (χ1n) is 4.49. The van der Waals surface area contributed by atoms with Crippen molar-refractivity contribution in [1.29, 1.82) is 0 Å². The molecule has 2 aliphatic rings. The van der Waals surface area contributed by atoms with E-state index in [4.69, 9.17) is 0 Å². The highest BCUT2D eigenvalue weighted by Gasteiger charge is 2.03. The van der Waals surface area contributed by atoms with E-state index in [9.17, 15) is 0 Å². The molecule has 2 rings (SSSR count). The van der Waals surface area contributed by atoms with Crippen LogP contribution in [0.25, 0.3) is 0 Å². The van der Waals surface area contributed by atoms with Crippen LogP contribution in [0, 0.1) is 0 Å². The highest BCUT2D eigenvalue weighted by atomic mass is 15.1. The molecule has 11 heavy (non-hydrogen) atoms. The van der Waals surface area contributed by atoms with Crippen molar-refractivity contribution < 1.29 is 0 Å².